The van der Waals surface area contributed by atoms with Crippen molar-refractivity contribution >= 4 is 21.4 Å². The minimum Gasteiger partial charge on any atom is -0.268 e. The lowest BCUT2D eigenvalue weighted by Gasteiger charge is -2.08. The van der Waals surface area contributed by atoms with Gasteiger partial charge in [0.1, 0.15) is 4.21 Å². The van der Waals surface area contributed by atoms with Crippen molar-refractivity contribution in [3.63, 3.8) is 0 Å². The quantitative estimate of drug-likeness (QED) is 0.696. The molecule has 0 atom stereocenters. The van der Waals surface area contributed by atoms with Crippen LogP contribution in [0.1, 0.15) is 0 Å². The highest BCUT2D eigenvalue weighted by Gasteiger charge is 2.14. The number of nitrogens with one attached hydrogen (secondary N) is 1. The van der Waals surface area contributed by atoms with Gasteiger partial charge in [-0.25, -0.2) is 22.5 Å². The zero-order valence-corrected chi connectivity index (χ0v) is 13.5. The third-order valence-electron chi connectivity index (χ3n) is 2.97. The predicted octanol–water partition coefficient (Wildman–Crippen LogP) is 0.469. The fourth-order valence-corrected chi connectivity index (χ4v) is 3.96. The Bertz CT molecular complexity index is 930. The molecule has 3 aromatic heterocycles. The molecule has 3 aromatic rings. The Labute approximate surface area is 136 Å². The third-order valence-corrected chi connectivity index (χ3v) is 5.83. The molecule has 23 heavy (non-hydrogen) atoms. The van der Waals surface area contributed by atoms with E-state index >= 15 is 0 Å². The minimum atomic E-state index is -3.55. The molecule has 0 fully saturated rings. The molecule has 3 heterocycles. The van der Waals surface area contributed by atoms with E-state index in [0.29, 0.717) is 5.82 Å². The van der Waals surface area contributed by atoms with Crippen LogP contribution in [-0.4, -0.2) is 34.5 Å². The van der Waals surface area contributed by atoms with Crippen molar-refractivity contribution in [3.8, 4) is 5.82 Å². The number of thiophene rings is 1. The van der Waals surface area contributed by atoms with Gasteiger partial charge in [-0.2, -0.15) is 5.10 Å². The fraction of sp³-hybridized carbons (Fsp3) is 0.154. The van der Waals surface area contributed by atoms with Gasteiger partial charge in [-0.05, 0) is 23.6 Å². The van der Waals surface area contributed by atoms with Crippen molar-refractivity contribution < 1.29 is 8.42 Å². The summed E-state index contributed by atoms with van der Waals surface area (Å²) in [6.07, 6.45) is 3.31. The monoisotopic (exact) mass is 351 g/mol. The van der Waals surface area contributed by atoms with E-state index in [9.17, 15) is 13.2 Å². The van der Waals surface area contributed by atoms with Crippen LogP contribution in [-0.2, 0) is 16.6 Å². The summed E-state index contributed by atoms with van der Waals surface area (Å²) >= 11 is 1.13. The lowest BCUT2D eigenvalue weighted by molar-refractivity contribution is 0.543. The van der Waals surface area contributed by atoms with Crippen molar-refractivity contribution in [2.75, 3.05) is 6.54 Å². The number of hydrogen-bond acceptors (Lipinski definition) is 6. The van der Waals surface area contributed by atoms with Crippen LogP contribution in [0.3, 0.4) is 0 Å². The maximum Gasteiger partial charge on any atom is 0.266 e. The molecule has 0 radical (unpaired) electrons. The molecule has 0 aliphatic heterocycles. The molecule has 0 aromatic carbocycles. The summed E-state index contributed by atoms with van der Waals surface area (Å²) < 4.78 is 29.4. The van der Waals surface area contributed by atoms with Crippen molar-refractivity contribution in [2.45, 2.75) is 10.8 Å². The van der Waals surface area contributed by atoms with E-state index < -0.39 is 10.0 Å². The van der Waals surface area contributed by atoms with Gasteiger partial charge < -0.3 is 0 Å². The molecule has 0 saturated heterocycles. The molecule has 1 N–H and O–H groups in total. The first-order chi connectivity index (χ1) is 11.1. The fourth-order valence-electron chi connectivity index (χ4n) is 1.90. The second-order valence-corrected chi connectivity index (χ2v) is 7.47. The molecule has 0 spiro atoms. The first kappa shape index (κ1) is 15.6. The van der Waals surface area contributed by atoms with Crippen LogP contribution >= 0.6 is 11.3 Å². The van der Waals surface area contributed by atoms with E-state index in [4.69, 9.17) is 0 Å². The van der Waals surface area contributed by atoms with E-state index in [2.05, 4.69) is 14.9 Å². The Morgan fingerprint density at radius 3 is 2.78 bits per heavy atom. The van der Waals surface area contributed by atoms with Crippen molar-refractivity contribution in [1.82, 2.24) is 24.3 Å². The average Bonchev–Trinajstić information content (AvgIpc) is 3.23. The zero-order valence-electron chi connectivity index (χ0n) is 11.9. The highest BCUT2D eigenvalue weighted by Crippen LogP contribution is 2.14. The molecular weight excluding hydrogens is 338 g/mol. The molecule has 3 rings (SSSR count). The van der Waals surface area contributed by atoms with Gasteiger partial charge in [-0.1, -0.05) is 6.07 Å². The average molecular weight is 351 g/mol. The van der Waals surface area contributed by atoms with E-state index in [1.54, 1.807) is 36.0 Å². The van der Waals surface area contributed by atoms with E-state index in [1.807, 2.05) is 0 Å². The topological polar surface area (TPSA) is 98.9 Å². The highest BCUT2D eigenvalue weighted by atomic mass is 32.2. The Morgan fingerprint density at radius 2 is 2.09 bits per heavy atom. The summed E-state index contributed by atoms with van der Waals surface area (Å²) in [6.45, 7) is 0.189. The van der Waals surface area contributed by atoms with Crippen LogP contribution < -0.4 is 10.3 Å². The molecular formula is C13H13N5O3S2. The van der Waals surface area contributed by atoms with Gasteiger partial charge in [0.25, 0.3) is 5.56 Å². The summed E-state index contributed by atoms with van der Waals surface area (Å²) in [4.78, 5) is 11.8. The molecule has 0 amide bonds. The molecule has 8 nitrogen and oxygen atoms in total. The molecule has 0 bridgehead atoms. The SMILES string of the molecule is O=c1ccc(-n2cccn2)nn1CCNS(=O)(=O)c1cccs1. The van der Waals surface area contributed by atoms with Crippen LogP contribution in [0, 0.1) is 0 Å². The third kappa shape index (κ3) is 3.55. The number of rotatable bonds is 6. The smallest absolute Gasteiger partial charge is 0.266 e. The van der Waals surface area contributed by atoms with Gasteiger partial charge in [0.2, 0.25) is 10.0 Å². The lowest BCUT2D eigenvalue weighted by atomic mass is 10.5. The second kappa shape index (κ2) is 6.44. The van der Waals surface area contributed by atoms with Gasteiger partial charge >= 0.3 is 0 Å². The van der Waals surface area contributed by atoms with Crippen LogP contribution in [0.2, 0.25) is 0 Å². The Kier molecular flexibility index (Phi) is 4.37. The predicted molar refractivity (Wildman–Crippen MR) is 85.1 cm³/mol. The molecule has 0 aliphatic carbocycles. The summed E-state index contributed by atoms with van der Waals surface area (Å²) in [5.74, 6) is 0.482. The summed E-state index contributed by atoms with van der Waals surface area (Å²) in [5, 5.41) is 9.90. The van der Waals surface area contributed by atoms with Crippen molar-refractivity contribution in [1.29, 1.82) is 0 Å². The largest absolute Gasteiger partial charge is 0.268 e. The first-order valence-corrected chi connectivity index (χ1v) is 9.04. The van der Waals surface area contributed by atoms with Crippen LogP contribution in [0.15, 0.2) is 57.1 Å². The van der Waals surface area contributed by atoms with Gasteiger partial charge in [0, 0.05) is 25.0 Å². The molecule has 0 saturated carbocycles. The molecule has 0 unspecified atom stereocenters. The number of aromatic nitrogens is 4. The Balaban J connectivity index is 1.71. The molecule has 10 heteroatoms. The standard InChI is InChI=1S/C13H13N5O3S2/c19-12-5-4-11(17-8-2-6-14-17)16-18(12)9-7-15-23(20,21)13-3-1-10-22-13/h1-6,8,10,15H,7,9H2. The summed E-state index contributed by atoms with van der Waals surface area (Å²) in [6, 6.07) is 7.86. The second-order valence-electron chi connectivity index (χ2n) is 4.53. The Morgan fingerprint density at radius 1 is 1.22 bits per heavy atom. The Hall–Kier alpha value is -2.30. The lowest BCUT2D eigenvalue weighted by Crippen LogP contribution is -2.32. The minimum absolute atomic E-state index is 0.0652. The normalized spacial score (nSPS) is 11.7. The number of hydrogen-bond donors (Lipinski definition) is 1. The summed E-state index contributed by atoms with van der Waals surface area (Å²) in [5.41, 5.74) is -0.309. The van der Waals surface area contributed by atoms with Crippen LogP contribution in [0.4, 0.5) is 0 Å². The number of sulfonamides is 1. The van der Waals surface area contributed by atoms with Gasteiger partial charge in [0.15, 0.2) is 5.82 Å². The van der Waals surface area contributed by atoms with E-state index in [0.717, 1.165) is 11.3 Å². The van der Waals surface area contributed by atoms with Gasteiger partial charge in [0.05, 0.1) is 6.54 Å². The highest BCUT2D eigenvalue weighted by molar-refractivity contribution is 7.91. The van der Waals surface area contributed by atoms with E-state index in [1.165, 1.54) is 21.5 Å². The van der Waals surface area contributed by atoms with Crippen molar-refractivity contribution in [2.24, 2.45) is 0 Å². The van der Waals surface area contributed by atoms with Crippen LogP contribution in [0.5, 0.6) is 0 Å². The van der Waals surface area contributed by atoms with Gasteiger partial charge in [-0.3, -0.25) is 4.79 Å². The summed E-state index contributed by atoms with van der Waals surface area (Å²) in [7, 11) is -3.55. The molecule has 0 aliphatic rings. The van der Waals surface area contributed by atoms with Crippen LogP contribution in [0.25, 0.3) is 5.82 Å². The first-order valence-electron chi connectivity index (χ1n) is 6.68. The number of nitrogens with zero attached hydrogens (tertiary/aromatic N) is 4. The van der Waals surface area contributed by atoms with E-state index in [-0.39, 0.29) is 22.9 Å². The zero-order chi connectivity index (χ0) is 16.3. The van der Waals surface area contributed by atoms with Gasteiger partial charge in [-0.15, -0.1) is 16.4 Å². The maximum atomic E-state index is 12.0. The maximum absolute atomic E-state index is 12.0. The van der Waals surface area contributed by atoms with Crippen molar-refractivity contribution in [3.05, 3.63) is 58.5 Å². The molecule has 120 valence electrons.